The Morgan fingerprint density at radius 1 is 0.875 bits per heavy atom. The fraction of sp³-hybridized carbons (Fsp3) is 0.455. The van der Waals surface area contributed by atoms with Gasteiger partial charge in [0.15, 0.2) is 0 Å². The van der Waals surface area contributed by atoms with E-state index in [2.05, 4.69) is 57.8 Å². The van der Waals surface area contributed by atoms with Crippen molar-refractivity contribution in [3.63, 3.8) is 0 Å². The van der Waals surface area contributed by atoms with Crippen molar-refractivity contribution >= 4 is 88.6 Å². The summed E-state index contributed by atoms with van der Waals surface area (Å²) >= 11 is -3.39. The first-order valence-corrected chi connectivity index (χ1v) is 30.1. The average Bonchev–Trinajstić information content (AvgIpc) is 3.54. The number of rotatable bonds is 2. The van der Waals surface area contributed by atoms with E-state index in [9.17, 15) is 0 Å². The molecule has 0 bridgehead atoms. The molecule has 5 aliphatic heterocycles. The molecule has 0 atom stereocenters. The number of ether oxygens (including phenoxy) is 1. The molecule has 166 valence electrons. The molecule has 32 heavy (non-hydrogen) atoms. The number of fused-ring (bicyclic) bond motifs is 4. The molecule has 0 unspecified atom stereocenters. The van der Waals surface area contributed by atoms with E-state index in [4.69, 9.17) is 9.73 Å². The van der Waals surface area contributed by atoms with Gasteiger partial charge in [-0.1, -0.05) is 0 Å². The summed E-state index contributed by atoms with van der Waals surface area (Å²) in [6.07, 6.45) is 4.76. The summed E-state index contributed by atoms with van der Waals surface area (Å²) in [6, 6.07) is 4.68. The Labute approximate surface area is 213 Å². The van der Waals surface area contributed by atoms with Gasteiger partial charge in [0, 0.05) is 0 Å². The van der Waals surface area contributed by atoms with Crippen LogP contribution < -0.4 is 32.8 Å². The second-order valence-electron chi connectivity index (χ2n) is 8.34. The van der Waals surface area contributed by atoms with Crippen LogP contribution in [0, 0.1) is 0 Å². The Balaban J connectivity index is 1.48. The summed E-state index contributed by atoms with van der Waals surface area (Å²) in [4.78, 5) is 9.12. The normalized spacial score (nSPS) is 22.0. The van der Waals surface area contributed by atoms with Crippen LogP contribution in [0.25, 0.3) is 0 Å². The number of benzene rings is 2. The summed E-state index contributed by atoms with van der Waals surface area (Å²) in [6.45, 7) is 2.17. The Bertz CT molecular complexity index is 1230. The second kappa shape index (κ2) is 9.28. The van der Waals surface area contributed by atoms with Gasteiger partial charge in [-0.2, -0.15) is 0 Å². The molecule has 2 N–H and O–H groups in total. The molecule has 2 aromatic rings. The number of aryl methyl sites for hydroxylation is 2. The molecule has 0 radical (unpaired) electrons. The van der Waals surface area contributed by atoms with Gasteiger partial charge in [0.25, 0.3) is 0 Å². The molecule has 2 fully saturated rings. The topological polar surface area (TPSA) is 47.6 Å². The third-order valence-electron chi connectivity index (χ3n) is 6.29. The summed E-state index contributed by atoms with van der Waals surface area (Å²) < 4.78 is 10.2. The van der Waals surface area contributed by atoms with E-state index in [1.807, 2.05) is 0 Å². The Kier molecular flexibility index (Phi) is 6.36. The molecule has 2 aromatic carbocycles. The molecule has 2 saturated heterocycles. The molecule has 0 aliphatic carbocycles. The van der Waals surface area contributed by atoms with Crippen molar-refractivity contribution in [2.45, 2.75) is 25.7 Å². The van der Waals surface area contributed by atoms with Crippen LogP contribution in [-0.2, 0) is 12.8 Å². The van der Waals surface area contributed by atoms with Crippen molar-refractivity contribution in [1.29, 1.82) is 0 Å². The van der Waals surface area contributed by atoms with E-state index in [1.54, 1.807) is 7.02 Å². The zero-order valence-corrected chi connectivity index (χ0v) is 26.0. The van der Waals surface area contributed by atoms with Crippen LogP contribution in [0.3, 0.4) is 0 Å². The molecule has 4 nitrogen and oxygen atoms in total. The first-order chi connectivity index (χ1) is 15.9. The second-order valence-corrected chi connectivity index (χ2v) is 38.2. The Morgan fingerprint density at radius 2 is 1.62 bits per heavy atom. The van der Waals surface area contributed by atoms with Crippen LogP contribution in [0.15, 0.2) is 17.1 Å². The van der Waals surface area contributed by atoms with Crippen molar-refractivity contribution in [2.75, 3.05) is 41.4 Å². The summed E-state index contributed by atoms with van der Waals surface area (Å²) in [5.41, 5.74) is 5.46. The molecular formula is C22H24N3OS4Sb2+. The quantitative estimate of drug-likeness (QED) is 0.388. The van der Waals surface area contributed by atoms with Gasteiger partial charge >= 0.3 is 216 Å². The zero-order chi connectivity index (χ0) is 21.1. The van der Waals surface area contributed by atoms with Crippen molar-refractivity contribution in [1.82, 2.24) is 0 Å². The average molecular weight is 718 g/mol. The van der Waals surface area contributed by atoms with Crippen LogP contribution in [0.1, 0.15) is 24.0 Å². The van der Waals surface area contributed by atoms with Gasteiger partial charge in [-0.15, -0.1) is 0 Å². The SMILES string of the molecule is c1c2c([c]([Sb]3[S]CC[S]3)c3c1N=c1cc4c([c]([Sb]5[S]CC[S]5)c1O3)=[NH+]CCC4)NCCC2. The minimum atomic E-state index is -1.69. The molecule has 10 heteroatoms. The van der Waals surface area contributed by atoms with Gasteiger partial charge < -0.3 is 0 Å². The van der Waals surface area contributed by atoms with Crippen LogP contribution in [0.5, 0.6) is 11.5 Å². The standard InChI is InChI=1S/C18H15N3O.2C2H6S2.2Sb/c1-3-11-7-15-17(9-13(11)19-5-1)22-18-10-14-12(4-2-6-20-14)8-16(18)21-15;2*3-1-2-4;;/h7-8,19H,1-6H2;2*3-4H,1-2H2;;/q;;;2*+2/p-3. The number of anilines is 1. The van der Waals surface area contributed by atoms with Gasteiger partial charge in [-0.25, -0.2) is 0 Å². The van der Waals surface area contributed by atoms with Crippen LogP contribution >= 0.6 is 35.4 Å². The van der Waals surface area contributed by atoms with Gasteiger partial charge in [-0.3, -0.25) is 0 Å². The molecule has 7 rings (SSSR count). The van der Waals surface area contributed by atoms with Gasteiger partial charge in [0.1, 0.15) is 0 Å². The van der Waals surface area contributed by atoms with Crippen molar-refractivity contribution in [2.24, 2.45) is 4.99 Å². The van der Waals surface area contributed by atoms with Gasteiger partial charge in [0.2, 0.25) is 0 Å². The fourth-order valence-corrected chi connectivity index (χ4v) is 44.3. The maximum absolute atomic E-state index is 7.06. The van der Waals surface area contributed by atoms with Crippen molar-refractivity contribution in [3.8, 4) is 11.5 Å². The molecule has 5 aliphatic rings. The predicted octanol–water partition coefficient (Wildman–Crippen LogP) is 1.10. The zero-order valence-electron chi connectivity index (χ0n) is 17.6. The summed E-state index contributed by atoms with van der Waals surface area (Å²) in [5.74, 6) is 7.42. The van der Waals surface area contributed by atoms with E-state index in [-0.39, 0.29) is 0 Å². The van der Waals surface area contributed by atoms with Crippen LogP contribution in [0.4, 0.5) is 11.4 Å². The third-order valence-corrected chi connectivity index (χ3v) is 41.5. The summed E-state index contributed by atoms with van der Waals surface area (Å²) in [7, 11) is 9.00. The number of nitrogens with zero attached hydrogens (tertiary/aromatic N) is 1. The Morgan fingerprint density at radius 3 is 2.44 bits per heavy atom. The van der Waals surface area contributed by atoms with Crippen LogP contribution in [0.2, 0.25) is 0 Å². The molecule has 0 spiro atoms. The van der Waals surface area contributed by atoms with E-state index in [0.29, 0.717) is 0 Å². The van der Waals surface area contributed by atoms with E-state index < -0.39 is 34.8 Å². The van der Waals surface area contributed by atoms with Crippen molar-refractivity contribution < 1.29 is 9.73 Å². The number of nitrogens with one attached hydrogen (secondary N) is 2. The van der Waals surface area contributed by atoms with E-state index >= 15 is 0 Å². The molecule has 0 saturated carbocycles. The molecule has 0 amide bonds. The van der Waals surface area contributed by atoms with Crippen molar-refractivity contribution in [3.05, 3.63) is 34.0 Å². The minimum absolute atomic E-state index is 1.09. The van der Waals surface area contributed by atoms with E-state index in [1.165, 1.54) is 70.9 Å². The summed E-state index contributed by atoms with van der Waals surface area (Å²) in [5, 5.41) is 6.31. The first-order valence-electron chi connectivity index (χ1n) is 11.3. The predicted molar refractivity (Wildman–Crippen MR) is 144 cm³/mol. The fourth-order valence-electron chi connectivity index (χ4n) is 4.91. The number of hydrogen-bond donors (Lipinski definition) is 2. The molecular weight excluding hydrogens is 694 g/mol. The van der Waals surface area contributed by atoms with E-state index in [0.717, 1.165) is 35.6 Å². The first kappa shape index (κ1) is 21.9. The van der Waals surface area contributed by atoms with Crippen LogP contribution in [-0.4, -0.2) is 70.9 Å². The maximum atomic E-state index is 7.06. The molecule has 0 aromatic heterocycles. The van der Waals surface area contributed by atoms with Gasteiger partial charge in [-0.05, 0) is 0 Å². The molecule has 5 heterocycles. The third kappa shape index (κ3) is 3.77. The number of hydrogen-bond acceptors (Lipinski definition) is 7. The van der Waals surface area contributed by atoms with Gasteiger partial charge in [0.05, 0.1) is 0 Å². The Hall–Kier alpha value is 0.676. The monoisotopic (exact) mass is 716 g/mol.